The third-order valence-electron chi connectivity index (χ3n) is 7.61. The molecule has 2 rings (SSSR count). The molecule has 17 heteroatoms. The first-order valence-corrected chi connectivity index (χ1v) is 16.3. The Morgan fingerprint density at radius 3 is 2.39 bits per heavy atom. The number of benzene rings is 1. The van der Waals surface area contributed by atoms with E-state index in [2.05, 4.69) is 31.6 Å². The molecule has 1 fully saturated rings. The predicted octanol–water partition coefficient (Wildman–Crippen LogP) is -1.54. The van der Waals surface area contributed by atoms with E-state index in [-0.39, 0.29) is 69.6 Å². The van der Waals surface area contributed by atoms with Crippen molar-refractivity contribution in [3.8, 4) is 0 Å². The predicted molar refractivity (Wildman–Crippen MR) is 179 cm³/mol. The third kappa shape index (κ3) is 15.0. The van der Waals surface area contributed by atoms with Gasteiger partial charge in [0, 0.05) is 39.0 Å². The van der Waals surface area contributed by atoms with Crippen molar-refractivity contribution in [2.45, 2.75) is 83.5 Å². The average Bonchev–Trinajstić information content (AvgIpc) is 3.05. The van der Waals surface area contributed by atoms with Gasteiger partial charge in [0.25, 0.3) is 0 Å². The van der Waals surface area contributed by atoms with Crippen LogP contribution in [0.3, 0.4) is 0 Å². The molecule has 49 heavy (non-hydrogen) atoms. The number of hydrogen-bond donors (Lipinski definition) is 8. The van der Waals surface area contributed by atoms with Gasteiger partial charge >= 0.3 is 5.97 Å². The fourth-order valence-corrected chi connectivity index (χ4v) is 5.10. The maximum atomic E-state index is 13.5. The van der Waals surface area contributed by atoms with E-state index in [1.54, 1.807) is 31.2 Å². The summed E-state index contributed by atoms with van der Waals surface area (Å²) in [6.45, 7) is 3.55. The molecule has 1 aromatic rings. The standard InChI is InChI=1S/C32H49N9O8/c1-3-8-27(44)41-19-20(2)16-36-25(42)13-12-22(29(47)37-17-21-9-5-4-6-10-21)40-30(48)23(15-28(45)46)39-26(43)18-38-31(49)24(41)11-7-14-35-32(33)34/h4-6,9-10,20,22-24H,3,7-8,11-19H2,1-2H3,(H,36,42)(H,37,47)(H,38,49)(H,39,43)(H,40,48)(H,45,46)(H4,33,34,35)/t20-,22?,23?,24?/m1/s1. The van der Waals surface area contributed by atoms with Gasteiger partial charge in [-0.3, -0.25) is 38.6 Å². The van der Waals surface area contributed by atoms with Crippen molar-refractivity contribution in [3.05, 3.63) is 35.9 Å². The number of aliphatic carboxylic acids is 1. The molecule has 1 aliphatic heterocycles. The number of nitrogens with two attached hydrogens (primary N) is 2. The summed E-state index contributed by atoms with van der Waals surface area (Å²) in [5.41, 5.74) is 11.6. The first-order valence-electron chi connectivity index (χ1n) is 16.3. The molecule has 0 saturated carbocycles. The monoisotopic (exact) mass is 687 g/mol. The van der Waals surface area contributed by atoms with E-state index in [0.29, 0.717) is 12.8 Å². The van der Waals surface area contributed by atoms with E-state index in [0.717, 1.165) is 5.56 Å². The van der Waals surface area contributed by atoms with E-state index in [1.165, 1.54) is 4.90 Å². The highest BCUT2D eigenvalue weighted by Crippen LogP contribution is 2.15. The molecule has 4 atom stereocenters. The van der Waals surface area contributed by atoms with Gasteiger partial charge in [-0.25, -0.2) is 0 Å². The van der Waals surface area contributed by atoms with E-state index in [9.17, 15) is 38.7 Å². The molecule has 1 aromatic carbocycles. The van der Waals surface area contributed by atoms with Crippen LogP contribution < -0.4 is 38.1 Å². The zero-order valence-electron chi connectivity index (χ0n) is 28.0. The van der Waals surface area contributed by atoms with E-state index in [4.69, 9.17) is 11.5 Å². The molecule has 0 aliphatic carbocycles. The highest BCUT2D eigenvalue weighted by Gasteiger charge is 2.32. The number of hydrogen-bond acceptors (Lipinski definition) is 8. The maximum Gasteiger partial charge on any atom is 0.305 e. The first kappa shape index (κ1) is 40.0. The van der Waals surface area contributed by atoms with Crippen molar-refractivity contribution >= 4 is 47.4 Å². The molecule has 0 aromatic heterocycles. The lowest BCUT2D eigenvalue weighted by Gasteiger charge is -2.33. The highest BCUT2D eigenvalue weighted by molar-refractivity contribution is 5.96. The lowest BCUT2D eigenvalue weighted by Crippen LogP contribution is -2.56. The highest BCUT2D eigenvalue weighted by atomic mass is 16.4. The molecule has 1 aliphatic rings. The maximum absolute atomic E-state index is 13.5. The van der Waals surface area contributed by atoms with Gasteiger partial charge in [-0.05, 0) is 37.2 Å². The van der Waals surface area contributed by atoms with Crippen molar-refractivity contribution in [2.75, 3.05) is 26.2 Å². The summed E-state index contributed by atoms with van der Waals surface area (Å²) >= 11 is 0. The Morgan fingerprint density at radius 2 is 1.73 bits per heavy atom. The number of carboxylic acids is 1. The van der Waals surface area contributed by atoms with E-state index >= 15 is 0 Å². The van der Waals surface area contributed by atoms with Gasteiger partial charge in [0.2, 0.25) is 35.4 Å². The average molecular weight is 688 g/mol. The summed E-state index contributed by atoms with van der Waals surface area (Å²) in [5.74, 6) is -5.69. The summed E-state index contributed by atoms with van der Waals surface area (Å²) in [4.78, 5) is 96.0. The van der Waals surface area contributed by atoms with Crippen molar-refractivity contribution in [1.82, 2.24) is 31.5 Å². The van der Waals surface area contributed by atoms with Crippen LogP contribution >= 0.6 is 0 Å². The SMILES string of the molecule is CCCC(=O)N1C[C@H](C)CNC(=O)CCC(C(=O)NCc2ccccc2)NC(=O)C(CC(=O)O)NC(=O)CNC(=O)C1CCCN=C(N)N. The molecule has 6 amide bonds. The smallest absolute Gasteiger partial charge is 0.305 e. The fourth-order valence-electron chi connectivity index (χ4n) is 5.10. The largest absolute Gasteiger partial charge is 0.481 e. The topological polar surface area (TPSA) is 268 Å². The van der Waals surface area contributed by atoms with Crippen LogP contribution in [0.25, 0.3) is 0 Å². The quantitative estimate of drug-likeness (QED) is 0.0755. The number of carboxylic acid groups (broad SMARTS) is 1. The molecule has 0 radical (unpaired) electrons. The molecule has 0 spiro atoms. The summed E-state index contributed by atoms with van der Waals surface area (Å²) in [5, 5.41) is 22.2. The zero-order valence-corrected chi connectivity index (χ0v) is 28.0. The summed E-state index contributed by atoms with van der Waals surface area (Å²) in [6, 6.07) is 5.11. The molecular weight excluding hydrogens is 638 g/mol. The second-order valence-corrected chi connectivity index (χ2v) is 11.9. The van der Waals surface area contributed by atoms with E-state index < -0.39 is 66.6 Å². The van der Waals surface area contributed by atoms with Crippen LogP contribution in [0.2, 0.25) is 0 Å². The second-order valence-electron chi connectivity index (χ2n) is 11.9. The Hall–Kier alpha value is -5.22. The van der Waals surface area contributed by atoms with Gasteiger partial charge in [0.05, 0.1) is 13.0 Å². The molecule has 3 unspecified atom stereocenters. The number of rotatable bonds is 11. The van der Waals surface area contributed by atoms with Gasteiger partial charge in [0.15, 0.2) is 5.96 Å². The molecule has 1 saturated heterocycles. The van der Waals surface area contributed by atoms with E-state index in [1.807, 2.05) is 13.0 Å². The van der Waals surface area contributed by atoms with Crippen LogP contribution in [0.5, 0.6) is 0 Å². The lowest BCUT2D eigenvalue weighted by atomic mass is 10.0. The molecular formula is C32H49N9O8. The second kappa shape index (κ2) is 20.9. The molecule has 270 valence electrons. The van der Waals surface area contributed by atoms with Gasteiger partial charge in [-0.15, -0.1) is 0 Å². The molecule has 0 bridgehead atoms. The Bertz CT molecular complexity index is 1340. The number of guanidine groups is 1. The first-order chi connectivity index (χ1) is 23.3. The molecule has 10 N–H and O–H groups in total. The lowest BCUT2D eigenvalue weighted by molar-refractivity contribution is -0.142. The van der Waals surface area contributed by atoms with Crippen molar-refractivity contribution in [3.63, 3.8) is 0 Å². The van der Waals surface area contributed by atoms with Crippen LogP contribution in [-0.2, 0) is 40.1 Å². The number of nitrogens with one attached hydrogen (secondary N) is 5. The minimum absolute atomic E-state index is 0.104. The van der Waals surface area contributed by atoms with Crippen molar-refractivity contribution < 1.29 is 38.7 Å². The van der Waals surface area contributed by atoms with Crippen LogP contribution in [-0.4, -0.2) is 102 Å². The Kier molecular flexibility index (Phi) is 17.0. The van der Waals surface area contributed by atoms with Crippen LogP contribution in [0, 0.1) is 5.92 Å². The zero-order chi connectivity index (χ0) is 36.3. The minimum Gasteiger partial charge on any atom is -0.481 e. The van der Waals surface area contributed by atoms with Crippen LogP contribution in [0.1, 0.15) is 64.4 Å². The Morgan fingerprint density at radius 1 is 1.02 bits per heavy atom. The number of aliphatic imine (C=N–C) groups is 1. The summed E-state index contributed by atoms with van der Waals surface area (Å²) in [6.07, 6.45) is 0.000950. The van der Waals surface area contributed by atoms with Crippen molar-refractivity contribution in [1.29, 1.82) is 0 Å². The Balaban J connectivity index is 2.36. The minimum atomic E-state index is -1.61. The fraction of sp³-hybridized carbons (Fsp3) is 0.562. The number of carbonyl (C=O) groups is 7. The van der Waals surface area contributed by atoms with Crippen LogP contribution in [0.15, 0.2) is 35.3 Å². The number of amides is 6. The van der Waals surface area contributed by atoms with Gasteiger partial charge in [0.1, 0.15) is 18.1 Å². The van der Waals surface area contributed by atoms with Crippen LogP contribution in [0.4, 0.5) is 0 Å². The van der Waals surface area contributed by atoms with Crippen molar-refractivity contribution in [2.24, 2.45) is 22.4 Å². The third-order valence-corrected chi connectivity index (χ3v) is 7.61. The number of carbonyl (C=O) groups excluding carboxylic acids is 6. The summed E-state index contributed by atoms with van der Waals surface area (Å²) in [7, 11) is 0. The summed E-state index contributed by atoms with van der Waals surface area (Å²) < 4.78 is 0. The molecule has 1 heterocycles. The number of nitrogens with zero attached hydrogens (tertiary/aromatic N) is 2. The van der Waals surface area contributed by atoms with Gasteiger partial charge < -0.3 is 48.1 Å². The van der Waals surface area contributed by atoms with Gasteiger partial charge in [-0.1, -0.05) is 44.2 Å². The Labute approximate surface area is 285 Å². The normalized spacial score (nSPS) is 21.5. The van der Waals surface area contributed by atoms with Gasteiger partial charge in [-0.2, -0.15) is 0 Å². The molecule has 17 nitrogen and oxygen atoms in total.